The van der Waals surface area contributed by atoms with Crippen molar-refractivity contribution < 1.29 is 4.39 Å². The molecule has 56 valence electrons. The van der Waals surface area contributed by atoms with E-state index < -0.39 is 0 Å². The fraction of sp³-hybridized carbons (Fsp3) is 0.125. The van der Waals surface area contributed by atoms with Crippen molar-refractivity contribution >= 4 is 11.6 Å². The number of nitrogen functional groups attached to an aromatic ring is 1. The number of anilines is 1. The van der Waals surface area contributed by atoms with Crippen molar-refractivity contribution in [3.63, 3.8) is 0 Å². The highest BCUT2D eigenvalue weighted by Crippen LogP contribution is 2.31. The van der Waals surface area contributed by atoms with Gasteiger partial charge in [-0.05, 0) is 24.1 Å². The summed E-state index contributed by atoms with van der Waals surface area (Å²) in [5.74, 6) is 0.0411. The molecule has 1 heterocycles. The molecular formula is C8H7FN2. The van der Waals surface area contributed by atoms with Gasteiger partial charge in [-0.3, -0.25) is 0 Å². The molecule has 0 amide bonds. The molecule has 1 aliphatic carbocycles. The van der Waals surface area contributed by atoms with Gasteiger partial charge in [0, 0.05) is 6.20 Å². The van der Waals surface area contributed by atoms with Gasteiger partial charge in [0.1, 0.15) is 11.6 Å². The molecule has 0 spiro atoms. The number of nitrogens with two attached hydrogens (primary N) is 1. The van der Waals surface area contributed by atoms with Crippen LogP contribution in [-0.2, 0) is 6.42 Å². The van der Waals surface area contributed by atoms with Crippen LogP contribution < -0.4 is 5.73 Å². The van der Waals surface area contributed by atoms with Crippen LogP contribution in [-0.4, -0.2) is 4.98 Å². The summed E-state index contributed by atoms with van der Waals surface area (Å²) in [6.45, 7) is 0. The first kappa shape index (κ1) is 6.34. The molecule has 1 aromatic heterocycles. The van der Waals surface area contributed by atoms with Gasteiger partial charge in [-0.15, -0.1) is 0 Å². The molecule has 0 saturated heterocycles. The van der Waals surface area contributed by atoms with Gasteiger partial charge in [0.05, 0.1) is 5.56 Å². The number of halogens is 1. The average Bonchev–Trinajstić information content (AvgIpc) is 2.34. The van der Waals surface area contributed by atoms with E-state index in [9.17, 15) is 4.39 Å². The van der Waals surface area contributed by atoms with Crippen LogP contribution >= 0.6 is 0 Å². The van der Waals surface area contributed by atoms with E-state index in [1.165, 1.54) is 6.08 Å². The van der Waals surface area contributed by atoms with Gasteiger partial charge in [-0.1, -0.05) is 0 Å². The van der Waals surface area contributed by atoms with Crippen molar-refractivity contribution in [2.45, 2.75) is 6.42 Å². The van der Waals surface area contributed by atoms with Crippen LogP contribution in [0.1, 0.15) is 11.1 Å². The normalized spacial score (nSPS) is 14.5. The summed E-state index contributed by atoms with van der Waals surface area (Å²) in [5, 5.41) is 0. The number of aromatic nitrogens is 1. The number of pyridine rings is 1. The molecule has 0 radical (unpaired) electrons. The molecule has 0 atom stereocenters. The minimum Gasteiger partial charge on any atom is -0.383 e. The summed E-state index contributed by atoms with van der Waals surface area (Å²) in [4.78, 5) is 3.80. The van der Waals surface area contributed by atoms with Crippen LogP contribution in [0.3, 0.4) is 0 Å². The maximum absolute atomic E-state index is 12.9. The second-order valence-electron chi connectivity index (χ2n) is 2.49. The minimum absolute atomic E-state index is 0.245. The smallest absolute Gasteiger partial charge is 0.133 e. The molecule has 0 bridgehead atoms. The lowest BCUT2D eigenvalue weighted by molar-refractivity contribution is 0.762. The Kier molecular flexibility index (Phi) is 1.18. The number of hydrogen-bond acceptors (Lipinski definition) is 2. The molecule has 0 saturated carbocycles. The Morgan fingerprint density at radius 1 is 1.55 bits per heavy atom. The SMILES string of the molecule is Nc1nccc2c1C(F)=CC2. The number of allylic oxidation sites excluding steroid dienone is 1. The molecule has 0 aromatic carbocycles. The van der Waals surface area contributed by atoms with Crippen LogP contribution in [0.4, 0.5) is 10.2 Å². The van der Waals surface area contributed by atoms with Crippen LogP contribution in [0.5, 0.6) is 0 Å². The van der Waals surface area contributed by atoms with Gasteiger partial charge in [0.2, 0.25) is 0 Å². The monoisotopic (exact) mass is 150 g/mol. The zero-order valence-electron chi connectivity index (χ0n) is 5.84. The summed E-state index contributed by atoms with van der Waals surface area (Å²) in [6.07, 6.45) is 3.75. The highest BCUT2D eigenvalue weighted by molar-refractivity contribution is 5.74. The van der Waals surface area contributed by atoms with E-state index in [-0.39, 0.29) is 11.6 Å². The van der Waals surface area contributed by atoms with Gasteiger partial charge in [0.25, 0.3) is 0 Å². The van der Waals surface area contributed by atoms with Crippen LogP contribution in [0.2, 0.25) is 0 Å². The molecule has 11 heavy (non-hydrogen) atoms. The third kappa shape index (κ3) is 0.808. The highest BCUT2D eigenvalue weighted by Gasteiger charge is 2.16. The van der Waals surface area contributed by atoms with Crippen LogP contribution in [0.25, 0.3) is 5.83 Å². The summed E-state index contributed by atoms with van der Waals surface area (Å²) in [7, 11) is 0. The predicted octanol–water partition coefficient (Wildman–Crippen LogP) is 1.53. The van der Waals surface area contributed by atoms with Crippen molar-refractivity contribution in [1.82, 2.24) is 4.98 Å². The number of hydrogen-bond donors (Lipinski definition) is 1. The molecule has 2 nitrogen and oxygen atoms in total. The summed E-state index contributed by atoms with van der Waals surface area (Å²) >= 11 is 0. The largest absolute Gasteiger partial charge is 0.383 e. The fourth-order valence-electron chi connectivity index (χ4n) is 1.27. The summed E-state index contributed by atoms with van der Waals surface area (Å²) in [6, 6.07) is 1.79. The van der Waals surface area contributed by atoms with Gasteiger partial charge < -0.3 is 5.73 Å². The van der Waals surface area contributed by atoms with Gasteiger partial charge in [0.15, 0.2) is 0 Å². The first-order valence-electron chi connectivity index (χ1n) is 3.38. The molecule has 1 aromatic rings. The van der Waals surface area contributed by atoms with E-state index in [0.29, 0.717) is 12.0 Å². The Morgan fingerprint density at radius 3 is 3.09 bits per heavy atom. The Labute approximate surface area is 63.6 Å². The number of rotatable bonds is 0. The Hall–Kier alpha value is -1.38. The lowest BCUT2D eigenvalue weighted by atomic mass is 10.1. The second kappa shape index (κ2) is 2.05. The van der Waals surface area contributed by atoms with E-state index in [1.807, 2.05) is 0 Å². The molecule has 2 rings (SSSR count). The number of fused-ring (bicyclic) bond motifs is 1. The Morgan fingerprint density at radius 2 is 2.36 bits per heavy atom. The standard InChI is InChI=1S/C8H7FN2/c9-6-2-1-5-3-4-11-8(10)7(5)6/h2-4H,1H2,(H2,10,11). The quantitative estimate of drug-likeness (QED) is 0.609. The zero-order valence-corrected chi connectivity index (χ0v) is 5.84. The topological polar surface area (TPSA) is 38.9 Å². The molecule has 3 heteroatoms. The molecule has 0 unspecified atom stereocenters. The van der Waals surface area contributed by atoms with E-state index in [0.717, 1.165) is 5.56 Å². The maximum atomic E-state index is 12.9. The maximum Gasteiger partial charge on any atom is 0.133 e. The molecular weight excluding hydrogens is 143 g/mol. The third-order valence-corrected chi connectivity index (χ3v) is 1.81. The third-order valence-electron chi connectivity index (χ3n) is 1.81. The highest BCUT2D eigenvalue weighted by atomic mass is 19.1. The lowest BCUT2D eigenvalue weighted by Gasteiger charge is -2.00. The minimum atomic E-state index is -0.245. The van der Waals surface area contributed by atoms with E-state index in [1.54, 1.807) is 12.3 Å². The average molecular weight is 150 g/mol. The van der Waals surface area contributed by atoms with Gasteiger partial charge in [-0.25, -0.2) is 9.37 Å². The Balaban J connectivity index is 2.67. The predicted molar refractivity (Wildman–Crippen MR) is 41.4 cm³/mol. The fourth-order valence-corrected chi connectivity index (χ4v) is 1.27. The van der Waals surface area contributed by atoms with E-state index in [4.69, 9.17) is 5.73 Å². The van der Waals surface area contributed by atoms with Crippen LogP contribution in [0, 0.1) is 0 Å². The first-order valence-corrected chi connectivity index (χ1v) is 3.38. The van der Waals surface area contributed by atoms with Crippen molar-refractivity contribution in [3.05, 3.63) is 29.5 Å². The van der Waals surface area contributed by atoms with Crippen molar-refractivity contribution in [2.75, 3.05) is 5.73 Å². The first-order chi connectivity index (χ1) is 5.29. The van der Waals surface area contributed by atoms with E-state index in [2.05, 4.69) is 4.98 Å². The molecule has 0 fully saturated rings. The molecule has 2 N–H and O–H groups in total. The lowest BCUT2D eigenvalue weighted by Crippen LogP contribution is -1.95. The molecule has 1 aliphatic rings. The summed E-state index contributed by atoms with van der Waals surface area (Å²) < 4.78 is 12.9. The Bertz CT molecular complexity index is 331. The summed E-state index contributed by atoms with van der Waals surface area (Å²) in [5.41, 5.74) is 6.88. The van der Waals surface area contributed by atoms with Crippen molar-refractivity contribution in [2.24, 2.45) is 0 Å². The van der Waals surface area contributed by atoms with Gasteiger partial charge in [-0.2, -0.15) is 0 Å². The second-order valence-corrected chi connectivity index (χ2v) is 2.49. The van der Waals surface area contributed by atoms with Crippen molar-refractivity contribution in [3.8, 4) is 0 Å². The van der Waals surface area contributed by atoms with Crippen LogP contribution in [0.15, 0.2) is 18.3 Å². The zero-order chi connectivity index (χ0) is 7.84. The van der Waals surface area contributed by atoms with E-state index >= 15 is 0 Å². The molecule has 0 aliphatic heterocycles. The van der Waals surface area contributed by atoms with Gasteiger partial charge >= 0.3 is 0 Å². The van der Waals surface area contributed by atoms with Crippen molar-refractivity contribution in [1.29, 1.82) is 0 Å². The number of nitrogens with zero attached hydrogens (tertiary/aromatic N) is 1.